The SMILES string of the molecule is C[C@H](C(=O)NCc1ccccc1Cl)N(c1ccc(Oc2ccccc2)cc1)S(C)(=O)=O. The maximum atomic E-state index is 12.7. The fraction of sp³-hybridized carbons (Fsp3) is 0.174. The molecule has 3 aromatic carbocycles. The van der Waals surface area contributed by atoms with Crippen LogP contribution in [-0.2, 0) is 21.4 Å². The number of benzene rings is 3. The number of halogens is 1. The van der Waals surface area contributed by atoms with Gasteiger partial charge in [0.05, 0.1) is 11.9 Å². The second-order valence-corrected chi connectivity index (χ2v) is 9.22. The summed E-state index contributed by atoms with van der Waals surface area (Å²) in [5.74, 6) is 0.789. The van der Waals surface area contributed by atoms with Gasteiger partial charge < -0.3 is 10.1 Å². The molecule has 0 spiro atoms. The quantitative estimate of drug-likeness (QED) is 0.535. The minimum absolute atomic E-state index is 0.199. The maximum absolute atomic E-state index is 12.7. The fourth-order valence-corrected chi connectivity index (χ4v) is 4.44. The molecule has 0 saturated heterocycles. The molecule has 0 aromatic heterocycles. The molecule has 3 aromatic rings. The highest BCUT2D eigenvalue weighted by atomic mass is 35.5. The standard InChI is InChI=1S/C23H23ClN2O4S/c1-17(23(27)25-16-18-8-6-7-11-22(18)24)26(31(2,28)29)19-12-14-21(15-13-19)30-20-9-4-3-5-10-20/h3-15,17H,16H2,1-2H3,(H,25,27)/t17-/m1/s1. The number of ether oxygens (including phenoxy) is 1. The van der Waals surface area contributed by atoms with Crippen molar-refractivity contribution in [3.05, 3.63) is 89.4 Å². The lowest BCUT2D eigenvalue weighted by Crippen LogP contribution is -2.47. The van der Waals surface area contributed by atoms with Crippen LogP contribution in [0.15, 0.2) is 78.9 Å². The van der Waals surface area contributed by atoms with Crippen LogP contribution in [0.2, 0.25) is 5.02 Å². The molecule has 0 radical (unpaired) electrons. The minimum atomic E-state index is -3.72. The van der Waals surface area contributed by atoms with Crippen LogP contribution in [0.5, 0.6) is 11.5 Å². The Morgan fingerprint density at radius 2 is 1.55 bits per heavy atom. The molecule has 6 nitrogen and oxygen atoms in total. The van der Waals surface area contributed by atoms with E-state index in [4.69, 9.17) is 16.3 Å². The normalized spacial score (nSPS) is 12.1. The van der Waals surface area contributed by atoms with Crippen molar-refractivity contribution >= 4 is 33.2 Å². The highest BCUT2D eigenvalue weighted by Crippen LogP contribution is 2.27. The largest absolute Gasteiger partial charge is 0.457 e. The van der Waals surface area contributed by atoms with E-state index in [0.717, 1.165) is 16.1 Å². The first-order valence-electron chi connectivity index (χ1n) is 9.59. The van der Waals surface area contributed by atoms with Crippen molar-refractivity contribution in [2.45, 2.75) is 19.5 Å². The van der Waals surface area contributed by atoms with Gasteiger partial charge in [0.25, 0.3) is 0 Å². The summed E-state index contributed by atoms with van der Waals surface area (Å²) in [4.78, 5) is 12.7. The van der Waals surface area contributed by atoms with Crippen LogP contribution < -0.4 is 14.4 Å². The van der Waals surface area contributed by atoms with Gasteiger partial charge in [-0.15, -0.1) is 0 Å². The summed E-state index contributed by atoms with van der Waals surface area (Å²) in [7, 11) is -3.72. The van der Waals surface area contributed by atoms with Crippen LogP contribution >= 0.6 is 11.6 Å². The average molecular weight is 459 g/mol. The van der Waals surface area contributed by atoms with E-state index in [-0.39, 0.29) is 6.54 Å². The Labute approximate surface area is 187 Å². The second-order valence-electron chi connectivity index (χ2n) is 6.95. The van der Waals surface area contributed by atoms with E-state index in [2.05, 4.69) is 5.32 Å². The number of carbonyl (C=O) groups is 1. The van der Waals surface area contributed by atoms with Gasteiger partial charge in [-0.2, -0.15) is 0 Å². The van der Waals surface area contributed by atoms with Crippen molar-refractivity contribution < 1.29 is 17.9 Å². The summed E-state index contributed by atoms with van der Waals surface area (Å²) in [6.07, 6.45) is 1.07. The first kappa shape index (κ1) is 22.7. The van der Waals surface area contributed by atoms with Crippen LogP contribution in [0.3, 0.4) is 0 Å². The number of anilines is 1. The Balaban J connectivity index is 1.75. The van der Waals surface area contributed by atoms with E-state index in [1.165, 1.54) is 6.92 Å². The van der Waals surface area contributed by atoms with Crippen LogP contribution in [0.4, 0.5) is 5.69 Å². The lowest BCUT2D eigenvalue weighted by Gasteiger charge is -2.28. The van der Waals surface area contributed by atoms with Gasteiger partial charge in [-0.05, 0) is 55.0 Å². The van der Waals surface area contributed by atoms with E-state index in [1.807, 2.05) is 36.4 Å². The molecule has 0 unspecified atom stereocenters. The van der Waals surface area contributed by atoms with Gasteiger partial charge in [0.1, 0.15) is 17.5 Å². The third kappa shape index (κ3) is 5.99. The zero-order valence-corrected chi connectivity index (χ0v) is 18.7. The summed E-state index contributed by atoms with van der Waals surface area (Å²) in [6.45, 7) is 1.74. The Hall–Kier alpha value is -3.03. The predicted molar refractivity (Wildman–Crippen MR) is 123 cm³/mol. The van der Waals surface area contributed by atoms with Gasteiger partial charge in [0.2, 0.25) is 15.9 Å². The van der Waals surface area contributed by atoms with Crippen LogP contribution in [-0.4, -0.2) is 26.6 Å². The molecular formula is C23H23ClN2O4S. The Bertz CT molecular complexity index is 1140. The number of hydrogen-bond donors (Lipinski definition) is 1. The maximum Gasteiger partial charge on any atom is 0.243 e. The van der Waals surface area contributed by atoms with Gasteiger partial charge in [-0.25, -0.2) is 8.42 Å². The van der Waals surface area contributed by atoms with Gasteiger partial charge in [0.15, 0.2) is 0 Å². The van der Waals surface area contributed by atoms with Gasteiger partial charge in [-0.1, -0.05) is 48.0 Å². The molecule has 162 valence electrons. The lowest BCUT2D eigenvalue weighted by molar-refractivity contribution is -0.122. The summed E-state index contributed by atoms with van der Waals surface area (Å²) < 4.78 is 31.8. The lowest BCUT2D eigenvalue weighted by atomic mass is 10.2. The molecule has 0 bridgehead atoms. The summed E-state index contributed by atoms with van der Waals surface area (Å²) in [6, 6.07) is 22.0. The summed E-state index contributed by atoms with van der Waals surface area (Å²) in [5, 5.41) is 3.28. The number of sulfonamides is 1. The van der Waals surface area contributed by atoms with Gasteiger partial charge in [0, 0.05) is 11.6 Å². The molecule has 0 aliphatic carbocycles. The molecule has 0 saturated carbocycles. The molecule has 0 fully saturated rings. The summed E-state index contributed by atoms with van der Waals surface area (Å²) >= 11 is 6.12. The summed E-state index contributed by atoms with van der Waals surface area (Å²) in [5.41, 5.74) is 1.11. The Morgan fingerprint density at radius 1 is 0.968 bits per heavy atom. The number of nitrogens with one attached hydrogen (secondary N) is 1. The molecule has 0 aliphatic heterocycles. The van der Waals surface area contributed by atoms with E-state index < -0.39 is 22.0 Å². The number of amides is 1. The van der Waals surface area contributed by atoms with E-state index in [1.54, 1.807) is 42.5 Å². The molecule has 0 aliphatic rings. The third-order valence-corrected chi connectivity index (χ3v) is 6.18. The molecule has 3 rings (SSSR count). The van der Waals surface area contributed by atoms with Gasteiger partial charge >= 0.3 is 0 Å². The molecule has 0 heterocycles. The van der Waals surface area contributed by atoms with Crippen molar-refractivity contribution in [3.63, 3.8) is 0 Å². The molecular weight excluding hydrogens is 436 g/mol. The third-order valence-electron chi connectivity index (χ3n) is 4.57. The molecule has 8 heteroatoms. The molecule has 1 atom stereocenters. The van der Waals surface area contributed by atoms with Gasteiger partial charge in [-0.3, -0.25) is 9.10 Å². The zero-order chi connectivity index (χ0) is 22.4. The molecule has 1 N–H and O–H groups in total. The molecule has 1 amide bonds. The minimum Gasteiger partial charge on any atom is -0.457 e. The number of para-hydroxylation sites is 1. The van der Waals surface area contributed by atoms with Crippen molar-refractivity contribution in [2.24, 2.45) is 0 Å². The first-order chi connectivity index (χ1) is 14.8. The van der Waals surface area contributed by atoms with Crippen molar-refractivity contribution in [3.8, 4) is 11.5 Å². The number of carbonyl (C=O) groups excluding carboxylic acids is 1. The predicted octanol–water partition coefficient (Wildman–Crippen LogP) is 4.60. The van der Waals surface area contributed by atoms with Crippen molar-refractivity contribution in [1.29, 1.82) is 0 Å². The number of nitrogens with zero attached hydrogens (tertiary/aromatic N) is 1. The fourth-order valence-electron chi connectivity index (χ4n) is 3.07. The highest BCUT2D eigenvalue weighted by molar-refractivity contribution is 7.92. The Kier molecular flexibility index (Phi) is 7.20. The van der Waals surface area contributed by atoms with Crippen molar-refractivity contribution in [1.82, 2.24) is 5.32 Å². The molecule has 31 heavy (non-hydrogen) atoms. The first-order valence-corrected chi connectivity index (χ1v) is 11.8. The van der Waals surface area contributed by atoms with E-state index >= 15 is 0 Å². The number of hydrogen-bond acceptors (Lipinski definition) is 4. The monoisotopic (exact) mass is 458 g/mol. The van der Waals surface area contributed by atoms with E-state index in [0.29, 0.717) is 22.2 Å². The topological polar surface area (TPSA) is 75.7 Å². The van der Waals surface area contributed by atoms with E-state index in [9.17, 15) is 13.2 Å². The second kappa shape index (κ2) is 9.85. The van der Waals surface area contributed by atoms with Crippen LogP contribution in [0, 0.1) is 0 Å². The van der Waals surface area contributed by atoms with Crippen molar-refractivity contribution in [2.75, 3.05) is 10.6 Å². The average Bonchev–Trinajstić information content (AvgIpc) is 2.74. The zero-order valence-electron chi connectivity index (χ0n) is 17.2. The van der Waals surface area contributed by atoms with Crippen LogP contribution in [0.25, 0.3) is 0 Å². The van der Waals surface area contributed by atoms with Crippen LogP contribution in [0.1, 0.15) is 12.5 Å². The highest BCUT2D eigenvalue weighted by Gasteiger charge is 2.29. The number of rotatable bonds is 8. The smallest absolute Gasteiger partial charge is 0.243 e. The Morgan fingerprint density at radius 3 is 2.16 bits per heavy atom.